The first-order valence-electron chi connectivity index (χ1n) is 8.23. The van der Waals surface area contributed by atoms with E-state index in [9.17, 15) is 4.79 Å². The second-order valence-corrected chi connectivity index (χ2v) is 5.59. The van der Waals surface area contributed by atoms with Crippen molar-refractivity contribution >= 4 is 41.4 Å². The molecule has 0 aliphatic carbocycles. The van der Waals surface area contributed by atoms with Crippen LogP contribution in [0.4, 0.5) is 0 Å². The molecule has 3 rings (SSSR count). The summed E-state index contributed by atoms with van der Waals surface area (Å²) in [6.45, 7) is 5.44. The Hall–Kier alpha value is -2.59. The van der Waals surface area contributed by atoms with E-state index >= 15 is 0 Å². The van der Waals surface area contributed by atoms with Crippen LogP contribution in [0, 0.1) is 0 Å². The fraction of sp³-hybridized carbons (Fsp3) is 0.200. The lowest BCUT2D eigenvalue weighted by molar-refractivity contribution is 0.0773. The molecule has 5 heteroatoms. The topological polar surface area (TPSA) is 49.0 Å². The summed E-state index contributed by atoms with van der Waals surface area (Å²) in [6.07, 6.45) is 3.99. The molecule has 0 fully saturated rings. The number of nitrogens with one attached hydrogen (secondary N) is 1. The summed E-state index contributed by atoms with van der Waals surface area (Å²) in [5.74, 6) is 0.0776. The number of hydrogen-bond donors (Lipinski definition) is 1. The number of rotatable bonds is 5. The summed E-state index contributed by atoms with van der Waals surface area (Å²) in [6, 6.07) is 15.7. The molecule has 2 aromatic carbocycles. The Balaban J connectivity index is 0.00000225. The molecule has 0 aliphatic heterocycles. The Morgan fingerprint density at radius 1 is 1.04 bits per heavy atom. The number of nitrogens with zero attached hydrogens (tertiary/aromatic N) is 2. The average Bonchev–Trinajstić information content (AvgIpc) is 3.04. The van der Waals surface area contributed by atoms with Gasteiger partial charge in [-0.3, -0.25) is 9.89 Å². The van der Waals surface area contributed by atoms with Crippen molar-refractivity contribution in [2.45, 2.75) is 13.8 Å². The summed E-state index contributed by atoms with van der Waals surface area (Å²) in [7, 11) is 0. The Kier molecular flexibility index (Phi) is 6.37. The fourth-order valence-corrected chi connectivity index (χ4v) is 2.72. The minimum atomic E-state index is 0. The summed E-state index contributed by atoms with van der Waals surface area (Å²) in [5.41, 5.74) is 3.70. The van der Waals surface area contributed by atoms with Gasteiger partial charge in [0.05, 0.1) is 11.2 Å². The Morgan fingerprint density at radius 3 is 2.40 bits per heavy atom. The molecule has 1 aromatic heterocycles. The van der Waals surface area contributed by atoms with E-state index in [2.05, 4.69) is 10.2 Å². The number of aromatic amines is 1. The summed E-state index contributed by atoms with van der Waals surface area (Å²) >= 11 is 0. The zero-order chi connectivity index (χ0) is 16.9. The van der Waals surface area contributed by atoms with Gasteiger partial charge in [0.1, 0.15) is 0 Å². The van der Waals surface area contributed by atoms with Crippen molar-refractivity contribution < 1.29 is 4.79 Å². The van der Waals surface area contributed by atoms with Crippen LogP contribution in [0.5, 0.6) is 0 Å². The van der Waals surface area contributed by atoms with Crippen LogP contribution in [0.3, 0.4) is 0 Å². The summed E-state index contributed by atoms with van der Waals surface area (Å²) in [5, 5.41) is 8.45. The Morgan fingerprint density at radius 2 is 1.72 bits per heavy atom. The van der Waals surface area contributed by atoms with E-state index in [4.69, 9.17) is 0 Å². The van der Waals surface area contributed by atoms with E-state index in [1.54, 1.807) is 0 Å². The number of fused-ring (bicyclic) bond motifs is 1. The first-order chi connectivity index (χ1) is 11.7. The Labute approximate surface area is 154 Å². The molecule has 0 unspecified atom stereocenters. The summed E-state index contributed by atoms with van der Waals surface area (Å²) < 4.78 is 0. The van der Waals surface area contributed by atoms with Gasteiger partial charge in [-0.25, -0.2) is 0 Å². The molecular formula is C20H22ClN3O. The van der Waals surface area contributed by atoms with Crippen LogP contribution in [0.1, 0.15) is 35.5 Å². The SMILES string of the molecule is CCN(CC)C(=O)c1ccc(/C=C/c2n[nH]c3ccccc23)cc1.Cl. The standard InChI is InChI=1S/C20H21N3O.ClH/c1-3-23(4-2)20(24)16-12-9-15(10-13-16)11-14-19-17-7-5-6-8-18(17)21-22-19;/h5-14H,3-4H2,1-2H3,(H,21,22);1H/b14-11+;. The average molecular weight is 356 g/mol. The van der Waals surface area contributed by atoms with E-state index in [1.165, 1.54) is 0 Å². The van der Waals surface area contributed by atoms with E-state index in [0.717, 1.165) is 40.8 Å². The Bertz CT molecular complexity index is 864. The molecule has 130 valence electrons. The van der Waals surface area contributed by atoms with E-state index < -0.39 is 0 Å². The quantitative estimate of drug-likeness (QED) is 0.725. The largest absolute Gasteiger partial charge is 0.339 e. The molecule has 0 saturated carbocycles. The molecule has 0 radical (unpaired) electrons. The van der Waals surface area contributed by atoms with Crippen LogP contribution in [0.25, 0.3) is 23.1 Å². The van der Waals surface area contributed by atoms with Gasteiger partial charge in [0.2, 0.25) is 0 Å². The second-order valence-electron chi connectivity index (χ2n) is 5.59. The number of para-hydroxylation sites is 1. The van der Waals surface area contributed by atoms with Crippen LogP contribution in [0.15, 0.2) is 48.5 Å². The van der Waals surface area contributed by atoms with Gasteiger partial charge in [-0.05, 0) is 43.7 Å². The predicted molar refractivity (Wildman–Crippen MR) is 106 cm³/mol. The lowest BCUT2D eigenvalue weighted by Crippen LogP contribution is -2.30. The van der Waals surface area contributed by atoms with Gasteiger partial charge in [0.25, 0.3) is 5.91 Å². The van der Waals surface area contributed by atoms with Gasteiger partial charge in [-0.2, -0.15) is 5.10 Å². The van der Waals surface area contributed by atoms with Crippen molar-refractivity contribution in [3.63, 3.8) is 0 Å². The number of carbonyl (C=O) groups is 1. The maximum absolute atomic E-state index is 12.3. The molecule has 0 bridgehead atoms. The van der Waals surface area contributed by atoms with Gasteiger partial charge in [0, 0.05) is 24.0 Å². The highest BCUT2D eigenvalue weighted by Crippen LogP contribution is 2.18. The van der Waals surface area contributed by atoms with Crippen molar-refractivity contribution in [2.75, 3.05) is 13.1 Å². The zero-order valence-corrected chi connectivity index (χ0v) is 15.2. The van der Waals surface area contributed by atoms with Crippen LogP contribution in [-0.2, 0) is 0 Å². The summed E-state index contributed by atoms with van der Waals surface area (Å²) in [4.78, 5) is 14.1. The molecule has 4 nitrogen and oxygen atoms in total. The molecule has 25 heavy (non-hydrogen) atoms. The highest BCUT2D eigenvalue weighted by Gasteiger charge is 2.11. The van der Waals surface area contributed by atoms with E-state index in [0.29, 0.717) is 0 Å². The van der Waals surface area contributed by atoms with Crippen molar-refractivity contribution in [1.82, 2.24) is 15.1 Å². The van der Waals surface area contributed by atoms with Crippen molar-refractivity contribution in [3.05, 3.63) is 65.4 Å². The number of aromatic nitrogens is 2. The van der Waals surface area contributed by atoms with Crippen LogP contribution in [0.2, 0.25) is 0 Å². The van der Waals surface area contributed by atoms with Crippen LogP contribution in [-0.4, -0.2) is 34.1 Å². The predicted octanol–water partition coefficient (Wildman–Crippen LogP) is 4.64. The minimum absolute atomic E-state index is 0. The molecule has 1 amide bonds. The molecule has 0 atom stereocenters. The molecule has 0 spiro atoms. The molecule has 3 aromatic rings. The van der Waals surface area contributed by atoms with Crippen molar-refractivity contribution in [2.24, 2.45) is 0 Å². The van der Waals surface area contributed by atoms with Gasteiger partial charge >= 0.3 is 0 Å². The first-order valence-corrected chi connectivity index (χ1v) is 8.23. The molecule has 1 N–H and O–H groups in total. The van der Waals surface area contributed by atoms with Crippen LogP contribution < -0.4 is 0 Å². The fourth-order valence-electron chi connectivity index (χ4n) is 2.72. The number of hydrogen-bond acceptors (Lipinski definition) is 2. The van der Waals surface area contributed by atoms with Gasteiger partial charge in [-0.15, -0.1) is 12.4 Å². The molecular weight excluding hydrogens is 334 g/mol. The molecule has 0 saturated heterocycles. The number of benzene rings is 2. The van der Waals surface area contributed by atoms with Gasteiger partial charge in [-0.1, -0.05) is 36.4 Å². The normalized spacial score (nSPS) is 10.8. The van der Waals surface area contributed by atoms with E-state index in [1.807, 2.05) is 79.4 Å². The number of halogens is 1. The lowest BCUT2D eigenvalue weighted by Gasteiger charge is -2.18. The van der Waals surface area contributed by atoms with E-state index in [-0.39, 0.29) is 18.3 Å². The maximum Gasteiger partial charge on any atom is 0.253 e. The number of carbonyl (C=O) groups excluding carboxylic acids is 1. The third-order valence-electron chi connectivity index (χ3n) is 4.14. The van der Waals surface area contributed by atoms with Crippen LogP contribution >= 0.6 is 12.4 Å². The maximum atomic E-state index is 12.3. The highest BCUT2D eigenvalue weighted by molar-refractivity contribution is 5.94. The smallest absolute Gasteiger partial charge is 0.253 e. The monoisotopic (exact) mass is 355 g/mol. The number of H-pyrrole nitrogens is 1. The first kappa shape index (κ1) is 18.7. The van der Waals surface area contributed by atoms with Crippen molar-refractivity contribution in [1.29, 1.82) is 0 Å². The van der Waals surface area contributed by atoms with Gasteiger partial charge < -0.3 is 4.90 Å². The van der Waals surface area contributed by atoms with Crippen molar-refractivity contribution in [3.8, 4) is 0 Å². The third kappa shape index (κ3) is 4.09. The molecule has 0 aliphatic rings. The second kappa shape index (κ2) is 8.49. The number of amides is 1. The molecule has 1 heterocycles. The van der Waals surface area contributed by atoms with Gasteiger partial charge in [0.15, 0.2) is 0 Å². The third-order valence-corrected chi connectivity index (χ3v) is 4.14. The minimum Gasteiger partial charge on any atom is -0.339 e. The zero-order valence-electron chi connectivity index (χ0n) is 14.4. The lowest BCUT2D eigenvalue weighted by atomic mass is 10.1. The highest BCUT2D eigenvalue weighted by atomic mass is 35.5.